The number of hydrogen-bond acceptors (Lipinski definition) is 3. The van der Waals surface area contributed by atoms with E-state index in [2.05, 4.69) is 5.16 Å². The second kappa shape index (κ2) is 5.12. The molecular formula is C13H12N2O2. The maximum Gasteiger partial charge on any atom is 0.250 e. The van der Waals surface area contributed by atoms with Crippen molar-refractivity contribution in [2.75, 3.05) is 0 Å². The summed E-state index contributed by atoms with van der Waals surface area (Å²) in [5, 5.41) is 12.3. The molecule has 0 amide bonds. The molecule has 0 aliphatic rings. The number of pyridine rings is 1. The van der Waals surface area contributed by atoms with Gasteiger partial charge in [-0.1, -0.05) is 41.6 Å². The van der Waals surface area contributed by atoms with Crippen molar-refractivity contribution in [3.8, 4) is 0 Å². The van der Waals surface area contributed by atoms with Crippen molar-refractivity contribution in [1.29, 1.82) is 0 Å². The van der Waals surface area contributed by atoms with Gasteiger partial charge in [-0.2, -0.15) is 0 Å². The average molecular weight is 228 g/mol. The Balaban J connectivity index is 2.29. The molecule has 1 N–H and O–H groups in total. The smallest absolute Gasteiger partial charge is 0.250 e. The summed E-state index contributed by atoms with van der Waals surface area (Å²) >= 11 is 0. The number of nitrogens with zero attached hydrogens (tertiary/aromatic N) is 2. The van der Waals surface area contributed by atoms with Crippen molar-refractivity contribution < 1.29 is 5.21 Å². The summed E-state index contributed by atoms with van der Waals surface area (Å²) in [6.45, 7) is 0.250. The van der Waals surface area contributed by atoms with E-state index < -0.39 is 0 Å². The summed E-state index contributed by atoms with van der Waals surface area (Å²) in [7, 11) is 0. The SMILES string of the molecule is O=c1ccccn1C/C(=N\O)c1ccccc1. The Bertz CT molecular complexity index is 573. The van der Waals surface area contributed by atoms with Crippen LogP contribution < -0.4 is 5.56 Å². The maximum atomic E-state index is 11.5. The summed E-state index contributed by atoms with van der Waals surface area (Å²) in [6, 6.07) is 14.2. The first-order valence-electron chi connectivity index (χ1n) is 5.23. The molecule has 2 aromatic rings. The van der Waals surface area contributed by atoms with E-state index >= 15 is 0 Å². The van der Waals surface area contributed by atoms with Crippen LogP contribution in [0.25, 0.3) is 0 Å². The predicted molar refractivity (Wildman–Crippen MR) is 65.5 cm³/mol. The van der Waals surface area contributed by atoms with Gasteiger partial charge in [0, 0.05) is 17.8 Å². The van der Waals surface area contributed by atoms with Crippen LogP contribution >= 0.6 is 0 Å². The standard InChI is InChI=1S/C13H12N2O2/c16-13-8-4-5-9-15(13)10-12(14-17)11-6-2-1-3-7-11/h1-9,17H,10H2/b14-12+. The van der Waals surface area contributed by atoms with Crippen molar-refractivity contribution in [2.45, 2.75) is 6.54 Å². The topological polar surface area (TPSA) is 54.6 Å². The molecule has 0 bridgehead atoms. The highest BCUT2D eigenvalue weighted by Crippen LogP contribution is 2.02. The monoisotopic (exact) mass is 228 g/mol. The molecule has 0 radical (unpaired) electrons. The fourth-order valence-electron chi connectivity index (χ4n) is 1.56. The van der Waals surface area contributed by atoms with Gasteiger partial charge >= 0.3 is 0 Å². The molecule has 0 aliphatic carbocycles. The first-order chi connectivity index (χ1) is 8.31. The third-order valence-corrected chi connectivity index (χ3v) is 2.45. The summed E-state index contributed by atoms with van der Waals surface area (Å²) in [5.41, 5.74) is 1.13. The van der Waals surface area contributed by atoms with Gasteiger partial charge < -0.3 is 9.77 Å². The molecule has 0 saturated carbocycles. The van der Waals surface area contributed by atoms with Crippen LogP contribution in [-0.2, 0) is 6.54 Å². The van der Waals surface area contributed by atoms with Crippen molar-refractivity contribution in [3.05, 3.63) is 70.6 Å². The van der Waals surface area contributed by atoms with Crippen LogP contribution in [0.1, 0.15) is 5.56 Å². The zero-order valence-corrected chi connectivity index (χ0v) is 9.15. The molecule has 17 heavy (non-hydrogen) atoms. The van der Waals surface area contributed by atoms with E-state index in [0.29, 0.717) is 5.71 Å². The average Bonchev–Trinajstić information content (AvgIpc) is 2.39. The van der Waals surface area contributed by atoms with Crippen LogP contribution in [0.2, 0.25) is 0 Å². The molecule has 0 unspecified atom stereocenters. The van der Waals surface area contributed by atoms with Crippen LogP contribution in [0.4, 0.5) is 0 Å². The fourth-order valence-corrected chi connectivity index (χ4v) is 1.56. The van der Waals surface area contributed by atoms with Crippen molar-refractivity contribution in [3.63, 3.8) is 0 Å². The lowest BCUT2D eigenvalue weighted by molar-refractivity contribution is 0.317. The molecule has 0 atom stereocenters. The lowest BCUT2D eigenvalue weighted by Gasteiger charge is -2.06. The van der Waals surface area contributed by atoms with Crippen LogP contribution in [0, 0.1) is 0 Å². The van der Waals surface area contributed by atoms with Crippen LogP contribution in [-0.4, -0.2) is 15.5 Å². The molecule has 0 aliphatic heterocycles. The molecule has 86 valence electrons. The molecule has 0 spiro atoms. The highest BCUT2D eigenvalue weighted by Gasteiger charge is 2.05. The van der Waals surface area contributed by atoms with E-state index in [1.165, 1.54) is 10.6 Å². The van der Waals surface area contributed by atoms with Crippen molar-refractivity contribution >= 4 is 5.71 Å². The molecule has 0 fully saturated rings. The summed E-state index contributed by atoms with van der Waals surface area (Å²) in [5.74, 6) is 0. The zero-order valence-electron chi connectivity index (χ0n) is 9.15. The minimum absolute atomic E-state index is 0.121. The molecular weight excluding hydrogens is 216 g/mol. The molecule has 0 saturated heterocycles. The van der Waals surface area contributed by atoms with Gasteiger partial charge in [0.2, 0.25) is 0 Å². The summed E-state index contributed by atoms with van der Waals surface area (Å²) in [4.78, 5) is 11.5. The first kappa shape index (κ1) is 11.1. The van der Waals surface area contributed by atoms with Gasteiger partial charge in [-0.15, -0.1) is 0 Å². The summed E-state index contributed by atoms with van der Waals surface area (Å²) < 4.78 is 1.49. The molecule has 1 aromatic carbocycles. The van der Waals surface area contributed by atoms with Crippen molar-refractivity contribution in [2.24, 2.45) is 5.16 Å². The van der Waals surface area contributed by atoms with E-state index in [9.17, 15) is 4.79 Å². The maximum absolute atomic E-state index is 11.5. The first-order valence-corrected chi connectivity index (χ1v) is 5.23. The molecule has 2 rings (SSSR count). The lowest BCUT2D eigenvalue weighted by atomic mass is 10.1. The lowest BCUT2D eigenvalue weighted by Crippen LogP contribution is -2.23. The van der Waals surface area contributed by atoms with E-state index in [4.69, 9.17) is 5.21 Å². The van der Waals surface area contributed by atoms with Gasteiger partial charge in [0.05, 0.1) is 6.54 Å². The molecule has 4 nitrogen and oxygen atoms in total. The highest BCUT2D eigenvalue weighted by atomic mass is 16.4. The van der Waals surface area contributed by atoms with Gasteiger partial charge in [-0.3, -0.25) is 4.79 Å². The highest BCUT2D eigenvalue weighted by molar-refractivity contribution is 5.99. The Hall–Kier alpha value is -2.36. The third kappa shape index (κ3) is 2.60. The Morgan fingerprint density at radius 1 is 1.12 bits per heavy atom. The number of aromatic nitrogens is 1. The normalized spacial score (nSPS) is 11.4. The Labute approximate surface area is 98.5 Å². The van der Waals surface area contributed by atoms with Gasteiger partial charge in [0.25, 0.3) is 5.56 Å². The van der Waals surface area contributed by atoms with Crippen molar-refractivity contribution in [1.82, 2.24) is 4.57 Å². The number of hydrogen-bond donors (Lipinski definition) is 1. The Kier molecular flexibility index (Phi) is 3.35. The van der Waals surface area contributed by atoms with Gasteiger partial charge in [0.15, 0.2) is 0 Å². The minimum atomic E-state index is -0.121. The number of oxime groups is 1. The predicted octanol–water partition coefficient (Wildman–Crippen LogP) is 1.73. The Morgan fingerprint density at radius 2 is 1.82 bits per heavy atom. The summed E-state index contributed by atoms with van der Waals surface area (Å²) in [6.07, 6.45) is 1.66. The largest absolute Gasteiger partial charge is 0.411 e. The van der Waals surface area contributed by atoms with Crippen LogP contribution in [0.15, 0.2) is 64.7 Å². The van der Waals surface area contributed by atoms with Crippen LogP contribution in [0.5, 0.6) is 0 Å². The van der Waals surface area contributed by atoms with Gasteiger partial charge in [0.1, 0.15) is 5.71 Å². The van der Waals surface area contributed by atoms with E-state index in [-0.39, 0.29) is 12.1 Å². The van der Waals surface area contributed by atoms with E-state index in [1.54, 1.807) is 18.3 Å². The van der Waals surface area contributed by atoms with Gasteiger partial charge in [-0.25, -0.2) is 0 Å². The Morgan fingerprint density at radius 3 is 2.47 bits per heavy atom. The third-order valence-electron chi connectivity index (χ3n) is 2.45. The van der Waals surface area contributed by atoms with Crippen LogP contribution in [0.3, 0.4) is 0 Å². The zero-order chi connectivity index (χ0) is 12.1. The van der Waals surface area contributed by atoms with Gasteiger partial charge in [-0.05, 0) is 6.07 Å². The quantitative estimate of drug-likeness (QED) is 0.494. The number of benzene rings is 1. The number of rotatable bonds is 3. The molecule has 4 heteroatoms. The second-order valence-electron chi connectivity index (χ2n) is 3.58. The van der Waals surface area contributed by atoms with E-state index in [0.717, 1.165) is 5.56 Å². The second-order valence-corrected chi connectivity index (χ2v) is 3.58. The molecule has 1 aromatic heterocycles. The minimum Gasteiger partial charge on any atom is -0.411 e. The van der Waals surface area contributed by atoms with E-state index in [1.807, 2.05) is 30.3 Å². The fraction of sp³-hybridized carbons (Fsp3) is 0.0769. The molecule has 1 heterocycles.